The fourth-order valence-electron chi connectivity index (χ4n) is 3.01. The van der Waals surface area contributed by atoms with Gasteiger partial charge in [-0.1, -0.05) is 6.92 Å². The zero-order valence-electron chi connectivity index (χ0n) is 9.65. The maximum atomic E-state index is 12.3. The molecule has 1 aliphatic heterocycles. The van der Waals surface area contributed by atoms with Crippen molar-refractivity contribution in [2.24, 2.45) is 11.3 Å². The van der Waals surface area contributed by atoms with Crippen LogP contribution in [0.5, 0.6) is 0 Å². The third-order valence-corrected chi connectivity index (χ3v) is 3.87. The van der Waals surface area contributed by atoms with E-state index in [2.05, 4.69) is 13.0 Å². The molecule has 16 heavy (non-hydrogen) atoms. The second-order valence-corrected chi connectivity index (χ2v) is 5.18. The molecule has 4 heteroatoms. The number of aliphatic hydroxyl groups excluding tert-OH is 1. The fourth-order valence-corrected chi connectivity index (χ4v) is 3.01. The zero-order chi connectivity index (χ0) is 11.8. The smallest absolute Gasteiger partial charge is 0.243 e. The summed E-state index contributed by atoms with van der Waals surface area (Å²) >= 11 is 0. The average molecular weight is 222 g/mol. The van der Waals surface area contributed by atoms with Crippen LogP contribution in [0.1, 0.15) is 32.6 Å². The molecule has 2 aliphatic rings. The van der Waals surface area contributed by atoms with Crippen molar-refractivity contribution >= 4 is 5.91 Å². The lowest BCUT2D eigenvalue weighted by molar-refractivity contribution is -0.146. The van der Waals surface area contributed by atoms with Gasteiger partial charge >= 0.3 is 0 Å². The van der Waals surface area contributed by atoms with Gasteiger partial charge in [0.25, 0.3) is 0 Å². The number of aliphatic hydroxyl groups is 1. The van der Waals surface area contributed by atoms with Crippen LogP contribution in [-0.2, 0) is 4.79 Å². The molecule has 1 amide bonds. The first kappa shape index (κ1) is 11.4. The summed E-state index contributed by atoms with van der Waals surface area (Å²) in [6, 6.07) is 2.13. The molecule has 1 saturated heterocycles. The molecule has 1 N–H and O–H groups in total. The van der Waals surface area contributed by atoms with Gasteiger partial charge in [0, 0.05) is 6.54 Å². The van der Waals surface area contributed by atoms with Crippen LogP contribution in [0.4, 0.5) is 0 Å². The van der Waals surface area contributed by atoms with Crippen LogP contribution in [0.15, 0.2) is 0 Å². The highest BCUT2D eigenvalue weighted by Gasteiger charge is 2.52. The van der Waals surface area contributed by atoms with Gasteiger partial charge in [0.15, 0.2) is 0 Å². The molecule has 0 spiro atoms. The van der Waals surface area contributed by atoms with Crippen molar-refractivity contribution in [1.29, 1.82) is 5.26 Å². The van der Waals surface area contributed by atoms with Gasteiger partial charge in [-0.15, -0.1) is 0 Å². The monoisotopic (exact) mass is 222 g/mol. The predicted molar refractivity (Wildman–Crippen MR) is 58.3 cm³/mol. The SMILES string of the molecule is CC1CC(C#N)(C(=O)N2CCCC2CO)C1. The van der Waals surface area contributed by atoms with E-state index in [4.69, 9.17) is 0 Å². The van der Waals surface area contributed by atoms with E-state index in [9.17, 15) is 15.2 Å². The van der Waals surface area contributed by atoms with Gasteiger partial charge in [0.1, 0.15) is 5.41 Å². The zero-order valence-corrected chi connectivity index (χ0v) is 9.65. The van der Waals surface area contributed by atoms with E-state index in [0.29, 0.717) is 25.3 Å². The van der Waals surface area contributed by atoms with Gasteiger partial charge in [-0.2, -0.15) is 5.26 Å². The van der Waals surface area contributed by atoms with Crippen LogP contribution < -0.4 is 0 Å². The summed E-state index contributed by atoms with van der Waals surface area (Å²) in [5.74, 6) is 0.420. The van der Waals surface area contributed by atoms with Crippen LogP contribution in [0, 0.1) is 22.7 Å². The third kappa shape index (κ3) is 1.60. The van der Waals surface area contributed by atoms with Gasteiger partial charge in [-0.25, -0.2) is 0 Å². The molecule has 0 aromatic rings. The standard InChI is InChI=1S/C12H18N2O2/c1-9-5-12(6-9,8-13)11(16)14-4-2-3-10(14)7-15/h9-10,15H,2-7H2,1H3. The largest absolute Gasteiger partial charge is 0.394 e. The minimum absolute atomic E-state index is 0.0167. The summed E-state index contributed by atoms with van der Waals surface area (Å²) in [7, 11) is 0. The van der Waals surface area contributed by atoms with Gasteiger partial charge < -0.3 is 10.0 Å². The number of hydrogen-bond acceptors (Lipinski definition) is 3. The van der Waals surface area contributed by atoms with Crippen molar-refractivity contribution in [2.75, 3.05) is 13.2 Å². The number of rotatable bonds is 2. The maximum absolute atomic E-state index is 12.3. The maximum Gasteiger partial charge on any atom is 0.243 e. The third-order valence-electron chi connectivity index (χ3n) is 3.87. The van der Waals surface area contributed by atoms with Crippen molar-refractivity contribution in [3.8, 4) is 6.07 Å². The summed E-state index contributed by atoms with van der Waals surface area (Å²) in [5, 5.41) is 18.4. The Morgan fingerprint density at radius 3 is 2.81 bits per heavy atom. The summed E-state index contributed by atoms with van der Waals surface area (Å²) in [4.78, 5) is 14.0. The lowest BCUT2D eigenvalue weighted by atomic mass is 9.62. The normalized spacial score (nSPS) is 37.9. The molecule has 2 rings (SSSR count). The molecule has 0 radical (unpaired) electrons. The Bertz CT molecular complexity index is 328. The Morgan fingerprint density at radius 1 is 1.62 bits per heavy atom. The fraction of sp³-hybridized carbons (Fsp3) is 0.833. The van der Waals surface area contributed by atoms with Crippen molar-refractivity contribution in [2.45, 2.75) is 38.6 Å². The van der Waals surface area contributed by atoms with Gasteiger partial charge in [0.2, 0.25) is 5.91 Å². The van der Waals surface area contributed by atoms with Crippen LogP contribution in [0.2, 0.25) is 0 Å². The Balaban J connectivity index is 2.10. The molecule has 0 bridgehead atoms. The number of nitriles is 1. The predicted octanol–water partition coefficient (Wildman–Crippen LogP) is 0.910. The van der Waals surface area contributed by atoms with E-state index in [0.717, 1.165) is 12.8 Å². The minimum atomic E-state index is -0.781. The first-order chi connectivity index (χ1) is 7.63. The highest BCUT2D eigenvalue weighted by molar-refractivity contribution is 5.87. The molecule has 2 fully saturated rings. The molecule has 0 aromatic heterocycles. The van der Waals surface area contributed by atoms with E-state index >= 15 is 0 Å². The van der Waals surface area contributed by atoms with Crippen molar-refractivity contribution in [1.82, 2.24) is 4.90 Å². The number of carbonyl (C=O) groups excluding carboxylic acids is 1. The minimum Gasteiger partial charge on any atom is -0.394 e. The number of hydrogen-bond donors (Lipinski definition) is 1. The van der Waals surface area contributed by atoms with Crippen LogP contribution in [0.3, 0.4) is 0 Å². The number of amides is 1. The Morgan fingerprint density at radius 2 is 2.31 bits per heavy atom. The molecule has 1 unspecified atom stereocenters. The molecular weight excluding hydrogens is 204 g/mol. The Hall–Kier alpha value is -1.08. The van der Waals surface area contributed by atoms with Crippen molar-refractivity contribution in [3.63, 3.8) is 0 Å². The van der Waals surface area contributed by atoms with Crippen molar-refractivity contribution < 1.29 is 9.90 Å². The Labute approximate surface area is 95.9 Å². The second kappa shape index (κ2) is 4.06. The van der Waals surface area contributed by atoms with Gasteiger partial charge in [-0.3, -0.25) is 4.79 Å². The van der Waals surface area contributed by atoms with Crippen LogP contribution in [0.25, 0.3) is 0 Å². The lowest BCUT2D eigenvalue weighted by Crippen LogP contribution is -2.52. The molecule has 1 atom stereocenters. The highest BCUT2D eigenvalue weighted by atomic mass is 16.3. The molecule has 4 nitrogen and oxygen atoms in total. The summed E-state index contributed by atoms with van der Waals surface area (Å²) in [6.45, 7) is 2.78. The van der Waals surface area contributed by atoms with E-state index < -0.39 is 5.41 Å². The summed E-state index contributed by atoms with van der Waals surface area (Å²) in [6.07, 6.45) is 3.15. The molecule has 1 aliphatic carbocycles. The number of carbonyl (C=O) groups is 1. The quantitative estimate of drug-likeness (QED) is 0.755. The molecule has 0 aromatic carbocycles. The molecular formula is C12H18N2O2. The summed E-state index contributed by atoms with van der Waals surface area (Å²) in [5.41, 5.74) is -0.781. The van der Waals surface area contributed by atoms with E-state index in [-0.39, 0.29) is 18.6 Å². The van der Waals surface area contributed by atoms with Gasteiger partial charge in [0.05, 0.1) is 18.7 Å². The Kier molecular flexibility index (Phi) is 2.90. The van der Waals surface area contributed by atoms with Crippen LogP contribution >= 0.6 is 0 Å². The topological polar surface area (TPSA) is 64.3 Å². The molecule has 1 saturated carbocycles. The van der Waals surface area contributed by atoms with Crippen molar-refractivity contribution in [3.05, 3.63) is 0 Å². The average Bonchev–Trinajstić information content (AvgIpc) is 2.71. The molecule has 1 heterocycles. The number of likely N-dealkylation sites (tertiary alicyclic amines) is 1. The molecule has 88 valence electrons. The van der Waals surface area contributed by atoms with E-state index in [1.54, 1.807) is 4.90 Å². The number of nitrogens with zero attached hydrogens (tertiary/aromatic N) is 2. The van der Waals surface area contributed by atoms with E-state index in [1.165, 1.54) is 0 Å². The second-order valence-electron chi connectivity index (χ2n) is 5.18. The first-order valence-electron chi connectivity index (χ1n) is 5.96. The highest BCUT2D eigenvalue weighted by Crippen LogP contribution is 2.47. The van der Waals surface area contributed by atoms with E-state index in [1.807, 2.05) is 0 Å². The van der Waals surface area contributed by atoms with Crippen LogP contribution in [-0.4, -0.2) is 35.1 Å². The van der Waals surface area contributed by atoms with Gasteiger partial charge in [-0.05, 0) is 31.6 Å². The first-order valence-corrected chi connectivity index (χ1v) is 5.96. The summed E-state index contributed by atoms with van der Waals surface area (Å²) < 4.78 is 0. The lowest BCUT2D eigenvalue weighted by Gasteiger charge is -2.42.